The van der Waals surface area contributed by atoms with Crippen LogP contribution in [-0.4, -0.2) is 51.6 Å². The number of benzene rings is 2. The van der Waals surface area contributed by atoms with Crippen molar-refractivity contribution in [1.29, 1.82) is 0 Å². The monoisotopic (exact) mass is 658 g/mol. The highest BCUT2D eigenvalue weighted by Crippen LogP contribution is 2.61. The lowest BCUT2D eigenvalue weighted by Crippen LogP contribution is -2.42. The zero-order valence-electron chi connectivity index (χ0n) is 25.8. The van der Waals surface area contributed by atoms with Crippen molar-refractivity contribution in [3.8, 4) is 11.5 Å². The van der Waals surface area contributed by atoms with E-state index in [0.717, 1.165) is 25.7 Å². The Morgan fingerprint density at radius 1 is 0.911 bits per heavy atom. The molecule has 1 N–H and O–H groups in total. The van der Waals surface area contributed by atoms with Crippen LogP contribution in [0.4, 0.5) is 22.0 Å². The SMILES string of the molecule is CC(=O)O[C@H]1CC[C@H]2C[C@@H](c3ccc(O)cc3)[C@@H](c3ccc(OCCCCCS(=O)CCCC(F)(F)C(F)(F)F)cc3)C[C@@]21C. The number of ether oxygens (including phenoxy) is 2. The fraction of sp³-hybridized carbons (Fsp3) is 0.618. The first-order chi connectivity index (χ1) is 21.2. The predicted molar refractivity (Wildman–Crippen MR) is 163 cm³/mol. The second-order valence-electron chi connectivity index (χ2n) is 12.8. The second-order valence-corrected chi connectivity index (χ2v) is 14.5. The van der Waals surface area contributed by atoms with Crippen LogP contribution in [0.5, 0.6) is 11.5 Å². The lowest BCUT2D eigenvalue weighted by Gasteiger charge is -2.47. The van der Waals surface area contributed by atoms with Crippen molar-refractivity contribution in [3.05, 3.63) is 59.7 Å². The number of aromatic hydroxyl groups is 1. The highest BCUT2D eigenvalue weighted by molar-refractivity contribution is 7.84. The number of rotatable bonds is 14. The molecule has 1 unspecified atom stereocenters. The van der Waals surface area contributed by atoms with Crippen LogP contribution in [-0.2, 0) is 20.3 Å². The Morgan fingerprint density at radius 2 is 1.53 bits per heavy atom. The van der Waals surface area contributed by atoms with Crippen LogP contribution in [0.25, 0.3) is 0 Å². The molecule has 250 valence electrons. The molecule has 2 saturated carbocycles. The minimum Gasteiger partial charge on any atom is -0.508 e. The van der Waals surface area contributed by atoms with Gasteiger partial charge in [0, 0.05) is 41.1 Å². The van der Waals surface area contributed by atoms with Crippen LogP contribution in [0.1, 0.15) is 94.6 Å². The van der Waals surface area contributed by atoms with Crippen LogP contribution in [0.15, 0.2) is 48.5 Å². The van der Waals surface area contributed by atoms with Crippen molar-refractivity contribution < 1.29 is 45.5 Å². The topological polar surface area (TPSA) is 72.8 Å². The lowest BCUT2D eigenvalue weighted by molar-refractivity contribution is -0.284. The number of hydrogen-bond donors (Lipinski definition) is 1. The smallest absolute Gasteiger partial charge is 0.453 e. The summed E-state index contributed by atoms with van der Waals surface area (Å²) in [6.45, 7) is 4.15. The second kappa shape index (κ2) is 14.8. The number of alkyl halides is 5. The Kier molecular flexibility index (Phi) is 11.6. The van der Waals surface area contributed by atoms with E-state index in [0.29, 0.717) is 37.5 Å². The van der Waals surface area contributed by atoms with Crippen molar-refractivity contribution in [3.63, 3.8) is 0 Å². The summed E-state index contributed by atoms with van der Waals surface area (Å²) in [5.74, 6) is -3.11. The maximum absolute atomic E-state index is 13.0. The Morgan fingerprint density at radius 3 is 2.18 bits per heavy atom. The molecule has 5 nitrogen and oxygen atoms in total. The Hall–Kier alpha value is -2.69. The molecule has 0 heterocycles. The van der Waals surface area contributed by atoms with E-state index in [2.05, 4.69) is 19.1 Å². The fourth-order valence-electron chi connectivity index (χ4n) is 7.12. The summed E-state index contributed by atoms with van der Waals surface area (Å²) < 4.78 is 86.4. The minimum absolute atomic E-state index is 0.109. The molecule has 2 fully saturated rings. The van der Waals surface area contributed by atoms with Gasteiger partial charge in [-0.2, -0.15) is 22.0 Å². The summed E-state index contributed by atoms with van der Waals surface area (Å²) in [6.07, 6.45) is -1.81. The Bertz CT molecular complexity index is 1280. The van der Waals surface area contributed by atoms with E-state index in [1.54, 1.807) is 12.1 Å². The van der Waals surface area contributed by atoms with E-state index in [1.807, 2.05) is 24.3 Å². The number of phenolic OH excluding ortho intramolecular Hbond substituents is 1. The van der Waals surface area contributed by atoms with Crippen molar-refractivity contribution in [2.45, 2.75) is 102 Å². The summed E-state index contributed by atoms with van der Waals surface area (Å²) in [6, 6.07) is 15.5. The van der Waals surface area contributed by atoms with Crippen molar-refractivity contribution in [2.75, 3.05) is 18.1 Å². The maximum atomic E-state index is 13.0. The van der Waals surface area contributed by atoms with Crippen molar-refractivity contribution in [2.24, 2.45) is 11.3 Å². The summed E-state index contributed by atoms with van der Waals surface area (Å²) in [5, 5.41) is 9.87. The van der Waals surface area contributed by atoms with Crippen LogP contribution < -0.4 is 4.74 Å². The van der Waals surface area contributed by atoms with Gasteiger partial charge in [0.15, 0.2) is 0 Å². The number of halogens is 5. The van der Waals surface area contributed by atoms with Gasteiger partial charge in [-0.1, -0.05) is 31.2 Å². The minimum atomic E-state index is -5.58. The molecule has 4 rings (SSSR count). The fourth-order valence-corrected chi connectivity index (χ4v) is 8.32. The Balaban J connectivity index is 1.28. The molecular formula is C34H43F5O5S. The average Bonchev–Trinajstić information content (AvgIpc) is 3.28. The summed E-state index contributed by atoms with van der Waals surface area (Å²) >= 11 is 0. The molecule has 0 aromatic heterocycles. The molecule has 2 aromatic carbocycles. The molecule has 0 amide bonds. The highest BCUT2D eigenvalue weighted by Gasteiger charge is 2.56. The van der Waals surface area contributed by atoms with Crippen molar-refractivity contribution in [1.82, 2.24) is 0 Å². The first kappa shape index (κ1) is 35.2. The molecule has 2 aliphatic carbocycles. The number of esters is 1. The predicted octanol–water partition coefficient (Wildman–Crippen LogP) is 8.68. The molecule has 0 saturated heterocycles. The number of fused-ring (bicyclic) bond motifs is 1. The van der Waals surface area contributed by atoms with Crippen LogP contribution in [0, 0.1) is 11.3 Å². The van der Waals surface area contributed by atoms with Gasteiger partial charge in [-0.3, -0.25) is 9.00 Å². The van der Waals surface area contributed by atoms with E-state index in [-0.39, 0.29) is 46.6 Å². The molecular weight excluding hydrogens is 615 g/mol. The van der Waals surface area contributed by atoms with Gasteiger partial charge in [0.05, 0.1) is 6.61 Å². The zero-order chi connectivity index (χ0) is 32.8. The summed E-state index contributed by atoms with van der Waals surface area (Å²) in [5.41, 5.74) is 2.22. The van der Waals surface area contributed by atoms with Gasteiger partial charge in [0.2, 0.25) is 0 Å². The number of carbonyl (C=O) groups is 1. The van der Waals surface area contributed by atoms with Crippen LogP contribution in [0.2, 0.25) is 0 Å². The molecule has 2 aromatic rings. The number of hydrogen-bond acceptors (Lipinski definition) is 5. The number of carbonyl (C=O) groups excluding carboxylic acids is 1. The molecule has 0 spiro atoms. The normalized spacial score (nSPS) is 25.8. The van der Waals surface area contributed by atoms with Gasteiger partial charge < -0.3 is 14.6 Å². The lowest BCUT2D eigenvalue weighted by atomic mass is 9.58. The number of unbranched alkanes of at least 4 members (excludes halogenated alkanes) is 2. The van der Waals surface area contributed by atoms with E-state index >= 15 is 0 Å². The van der Waals surface area contributed by atoms with Gasteiger partial charge in [0.25, 0.3) is 0 Å². The van der Waals surface area contributed by atoms with E-state index in [9.17, 15) is 36.1 Å². The first-order valence-corrected chi connectivity index (χ1v) is 17.2. The number of phenols is 1. The zero-order valence-corrected chi connectivity index (χ0v) is 26.6. The van der Waals surface area contributed by atoms with Gasteiger partial charge in [0.1, 0.15) is 17.6 Å². The van der Waals surface area contributed by atoms with E-state index in [4.69, 9.17) is 9.47 Å². The third-order valence-corrected chi connectivity index (χ3v) is 11.1. The molecule has 2 aliphatic rings. The summed E-state index contributed by atoms with van der Waals surface area (Å²) in [4.78, 5) is 11.9. The van der Waals surface area contributed by atoms with Gasteiger partial charge in [-0.05, 0) is 105 Å². The molecule has 6 atom stereocenters. The molecule has 11 heteroatoms. The quantitative estimate of drug-likeness (QED) is 0.125. The highest BCUT2D eigenvalue weighted by atomic mass is 32.2. The third-order valence-electron chi connectivity index (χ3n) is 9.63. The maximum Gasteiger partial charge on any atom is 0.453 e. The van der Waals surface area contributed by atoms with Gasteiger partial charge in [-0.25, -0.2) is 0 Å². The molecule has 45 heavy (non-hydrogen) atoms. The van der Waals surface area contributed by atoms with Crippen molar-refractivity contribution >= 4 is 16.8 Å². The Labute approximate surface area is 264 Å². The van der Waals surface area contributed by atoms with Crippen LogP contribution >= 0.6 is 0 Å². The standard InChI is InChI=1S/C34H43F5O5S/c1-23(40)44-31-16-11-26-21-29(24-7-12-27(41)13-8-24)30(22-32(26,31)2)25-9-14-28(15-10-25)43-18-4-3-5-19-45(42)20-6-17-33(35,36)34(37,38)39/h7-10,12-15,26,29-31,41H,3-6,11,16-22H2,1-2H3/t26-,29-,30+,31-,32-,45?/m0/s1. The third kappa shape index (κ3) is 8.98. The van der Waals surface area contributed by atoms with Gasteiger partial charge in [-0.15, -0.1) is 0 Å². The largest absolute Gasteiger partial charge is 0.508 e. The average molecular weight is 659 g/mol. The first-order valence-electron chi connectivity index (χ1n) is 15.7. The van der Waals surface area contributed by atoms with E-state index < -0.39 is 35.7 Å². The molecule has 0 radical (unpaired) electrons. The molecule has 0 bridgehead atoms. The van der Waals surface area contributed by atoms with Gasteiger partial charge >= 0.3 is 18.1 Å². The summed E-state index contributed by atoms with van der Waals surface area (Å²) in [7, 11) is -1.44. The van der Waals surface area contributed by atoms with E-state index in [1.165, 1.54) is 18.1 Å². The molecule has 0 aliphatic heterocycles. The van der Waals surface area contributed by atoms with Crippen LogP contribution in [0.3, 0.4) is 0 Å².